The number of esters is 1. The second kappa shape index (κ2) is 22.7. The fourth-order valence-electron chi connectivity index (χ4n) is 8.97. The van der Waals surface area contributed by atoms with Gasteiger partial charge in [-0.1, -0.05) is 48.9 Å². The molecular weight excluding hydrogens is 866 g/mol. The molecule has 6 N–H and O–H groups in total. The number of aliphatic hydroxyl groups excluding tert-OH is 5. The van der Waals surface area contributed by atoms with Gasteiger partial charge in [0.25, 0.3) is 5.91 Å². The van der Waals surface area contributed by atoms with Crippen LogP contribution >= 0.6 is 0 Å². The third kappa shape index (κ3) is 11.3. The SMILES string of the molecule is CCC[C@H](OC1C(OC(=O)c2ccccc2)[C@H](O[C@@H]2CC(C(=O)CCCNC)CC(n3cc(-c4cccc(F)c4)nn3)[C@H]2O[C@@H]2OC(C)[C@@H](O)[C@H](O)C2O)O[C@@H](CO)[C@@H]1O)C(=O)N1CCC1. The maximum absolute atomic E-state index is 14.4. The average molecular weight is 928 g/mol. The Hall–Kier alpha value is -4.32. The summed E-state index contributed by atoms with van der Waals surface area (Å²) < 4.78 is 54.1. The maximum Gasteiger partial charge on any atom is 0.338 e. The highest BCUT2D eigenvalue weighted by Crippen LogP contribution is 2.42. The topological polar surface area (TPSA) is 254 Å². The molecule has 4 aliphatic rings. The molecule has 1 saturated carbocycles. The minimum atomic E-state index is -1.77. The van der Waals surface area contributed by atoms with Gasteiger partial charge in [0.1, 0.15) is 66.1 Å². The van der Waals surface area contributed by atoms with Crippen LogP contribution in [0, 0.1) is 11.7 Å². The number of aromatic nitrogens is 3. The summed E-state index contributed by atoms with van der Waals surface area (Å²) in [6.07, 6.45) is -15.0. The summed E-state index contributed by atoms with van der Waals surface area (Å²) in [6.45, 7) is 4.23. The van der Waals surface area contributed by atoms with Crippen LogP contribution in [-0.2, 0) is 38.0 Å². The largest absolute Gasteiger partial charge is 0.450 e. The zero-order valence-corrected chi connectivity index (χ0v) is 37.3. The molecule has 3 saturated heterocycles. The van der Waals surface area contributed by atoms with Crippen molar-refractivity contribution in [2.75, 3.05) is 33.3 Å². The minimum Gasteiger partial charge on any atom is -0.450 e. The molecule has 20 heteroatoms. The predicted octanol–water partition coefficient (Wildman–Crippen LogP) is 1.29. The quantitative estimate of drug-likeness (QED) is 0.0732. The van der Waals surface area contributed by atoms with Gasteiger partial charge >= 0.3 is 5.97 Å². The Bertz CT molecular complexity index is 2060. The van der Waals surface area contributed by atoms with E-state index in [1.807, 2.05) is 6.92 Å². The fraction of sp³-hybridized carbons (Fsp3) is 0.630. The molecule has 1 aliphatic carbocycles. The summed E-state index contributed by atoms with van der Waals surface area (Å²) in [5.74, 6) is -2.52. The van der Waals surface area contributed by atoms with E-state index in [0.717, 1.165) is 6.42 Å². The van der Waals surface area contributed by atoms with Gasteiger partial charge in [-0.05, 0) is 76.9 Å². The first kappa shape index (κ1) is 49.6. The van der Waals surface area contributed by atoms with Crippen molar-refractivity contribution in [3.63, 3.8) is 0 Å². The highest BCUT2D eigenvalue weighted by Gasteiger charge is 2.54. The number of rotatable bonds is 19. The monoisotopic (exact) mass is 927 g/mol. The summed E-state index contributed by atoms with van der Waals surface area (Å²) in [5, 5.41) is 66.9. The van der Waals surface area contributed by atoms with E-state index in [0.29, 0.717) is 38.0 Å². The number of ether oxygens (including phenoxy) is 6. The first-order chi connectivity index (χ1) is 31.8. The van der Waals surface area contributed by atoms with Gasteiger partial charge in [-0.2, -0.15) is 0 Å². The molecule has 4 fully saturated rings. The standard InChI is InChI=1S/C46H62FN5O14/c1-4-11-33(43(59)51-18-10-19-51)62-41-37(56)35(24-53)64-46(42(41)65-44(60)26-12-6-5-7-13-26)63-34-22-28(32(54)16-9-17-48-3)21-31(40(34)66-45-39(58)38(57)36(55)25(2)61-45)52-23-30(49-50-52)27-14-8-15-29(47)20-27/h5-8,12-15,20,23,25,28,31,33-42,45-46,48,53,55-58H,4,9-11,16-19,21-22,24H2,1-3H3/t25?,28?,31?,33-,34+,35-,36+,37-,38-,39?,40+,41?,42?,45-,46+/m0/s1. The maximum atomic E-state index is 14.4. The number of carbonyl (C=O) groups is 3. The lowest BCUT2D eigenvalue weighted by molar-refractivity contribution is -0.348. The second-order valence-electron chi connectivity index (χ2n) is 17.5. The van der Waals surface area contributed by atoms with Crippen LogP contribution in [0.4, 0.5) is 4.39 Å². The molecule has 1 amide bonds. The first-order valence-electron chi connectivity index (χ1n) is 22.8. The molecule has 362 valence electrons. The molecule has 3 aromatic rings. The Balaban J connectivity index is 1.30. The van der Waals surface area contributed by atoms with Crippen LogP contribution in [0.15, 0.2) is 60.8 Å². The van der Waals surface area contributed by atoms with Gasteiger partial charge in [0.05, 0.1) is 36.6 Å². The average Bonchev–Trinajstić information content (AvgIpc) is 3.79. The highest BCUT2D eigenvalue weighted by atomic mass is 19.1. The van der Waals surface area contributed by atoms with E-state index in [4.69, 9.17) is 28.4 Å². The Morgan fingerprint density at radius 3 is 2.38 bits per heavy atom. The Labute approximate surface area is 382 Å². The van der Waals surface area contributed by atoms with E-state index in [1.165, 1.54) is 41.9 Å². The molecule has 0 bridgehead atoms. The Morgan fingerprint density at radius 1 is 0.924 bits per heavy atom. The van der Waals surface area contributed by atoms with Crippen molar-refractivity contribution >= 4 is 17.7 Å². The van der Waals surface area contributed by atoms with E-state index >= 15 is 0 Å². The van der Waals surface area contributed by atoms with Crippen LogP contribution in [0.5, 0.6) is 0 Å². The van der Waals surface area contributed by atoms with Crippen LogP contribution in [0.25, 0.3) is 11.3 Å². The molecule has 7 rings (SSSR count). The van der Waals surface area contributed by atoms with Crippen LogP contribution in [0.2, 0.25) is 0 Å². The normalized spacial score (nSPS) is 32.9. The van der Waals surface area contributed by atoms with Gasteiger partial charge in [-0.25, -0.2) is 13.9 Å². The van der Waals surface area contributed by atoms with Crippen LogP contribution in [0.1, 0.15) is 75.2 Å². The summed E-state index contributed by atoms with van der Waals surface area (Å²) in [4.78, 5) is 43.5. The highest BCUT2D eigenvalue weighted by molar-refractivity contribution is 5.89. The fourth-order valence-corrected chi connectivity index (χ4v) is 8.97. The van der Waals surface area contributed by atoms with Gasteiger partial charge in [0.2, 0.25) is 0 Å². The number of nitrogens with one attached hydrogen (secondary N) is 1. The summed E-state index contributed by atoms with van der Waals surface area (Å²) in [7, 11) is 1.77. The van der Waals surface area contributed by atoms with Crippen LogP contribution < -0.4 is 5.32 Å². The molecular formula is C46H62FN5O14. The molecule has 66 heavy (non-hydrogen) atoms. The Kier molecular flexibility index (Phi) is 17.0. The number of carbonyl (C=O) groups excluding carboxylic acids is 3. The van der Waals surface area contributed by atoms with E-state index in [9.17, 15) is 44.3 Å². The molecule has 1 aromatic heterocycles. The van der Waals surface area contributed by atoms with Crippen LogP contribution in [-0.4, -0.2) is 176 Å². The Morgan fingerprint density at radius 2 is 1.70 bits per heavy atom. The van der Waals surface area contributed by atoms with Gasteiger partial charge in [-0.3, -0.25) is 9.59 Å². The zero-order chi connectivity index (χ0) is 47.1. The van der Waals surface area contributed by atoms with Gasteiger partial charge in [0.15, 0.2) is 18.7 Å². The number of likely N-dealkylation sites (tertiary alicyclic amines) is 1. The van der Waals surface area contributed by atoms with E-state index in [-0.39, 0.29) is 48.6 Å². The number of aliphatic hydroxyl groups is 5. The predicted molar refractivity (Wildman–Crippen MR) is 230 cm³/mol. The third-order valence-corrected chi connectivity index (χ3v) is 12.8. The number of benzene rings is 2. The van der Waals surface area contributed by atoms with E-state index < -0.39 is 110 Å². The molecule has 6 unspecified atom stereocenters. The van der Waals surface area contributed by atoms with Crippen molar-refractivity contribution in [1.82, 2.24) is 25.2 Å². The lowest BCUT2D eigenvalue weighted by Gasteiger charge is -2.49. The van der Waals surface area contributed by atoms with Crippen molar-refractivity contribution in [3.05, 3.63) is 72.2 Å². The molecule has 15 atom stereocenters. The zero-order valence-electron chi connectivity index (χ0n) is 37.3. The first-order valence-corrected chi connectivity index (χ1v) is 22.8. The number of Topliss-reactive ketones (excluding diaryl/α,β-unsaturated/α-hetero) is 1. The number of amides is 1. The van der Waals surface area contributed by atoms with E-state index in [1.54, 1.807) is 42.4 Å². The van der Waals surface area contributed by atoms with Crippen molar-refractivity contribution in [3.8, 4) is 11.3 Å². The molecule has 0 radical (unpaired) electrons. The number of hydrogen-bond donors (Lipinski definition) is 6. The smallest absolute Gasteiger partial charge is 0.338 e. The van der Waals surface area contributed by atoms with E-state index in [2.05, 4.69) is 15.6 Å². The van der Waals surface area contributed by atoms with Gasteiger partial charge < -0.3 is 64.2 Å². The molecule has 0 spiro atoms. The third-order valence-electron chi connectivity index (χ3n) is 12.8. The van der Waals surface area contributed by atoms with Crippen molar-refractivity contribution in [2.24, 2.45) is 5.92 Å². The summed E-state index contributed by atoms with van der Waals surface area (Å²) >= 11 is 0. The second-order valence-corrected chi connectivity index (χ2v) is 17.5. The summed E-state index contributed by atoms with van der Waals surface area (Å²) in [5.41, 5.74) is 0.832. The van der Waals surface area contributed by atoms with Crippen molar-refractivity contribution in [1.29, 1.82) is 0 Å². The van der Waals surface area contributed by atoms with Crippen LogP contribution in [0.3, 0.4) is 0 Å². The molecule has 19 nitrogen and oxygen atoms in total. The lowest BCUT2D eigenvalue weighted by atomic mass is 9.78. The number of halogens is 1. The molecule has 3 aliphatic heterocycles. The van der Waals surface area contributed by atoms with Gasteiger partial charge in [-0.15, -0.1) is 5.10 Å². The van der Waals surface area contributed by atoms with Gasteiger partial charge in [0, 0.05) is 31.0 Å². The van der Waals surface area contributed by atoms with Crippen molar-refractivity contribution in [2.45, 2.75) is 145 Å². The summed E-state index contributed by atoms with van der Waals surface area (Å²) in [6, 6.07) is 12.8. The molecule has 4 heterocycles. The number of ketones is 1. The minimum absolute atomic E-state index is 0.0441. The molecule has 2 aromatic carbocycles. The number of hydrogen-bond acceptors (Lipinski definition) is 17. The number of nitrogens with zero attached hydrogens (tertiary/aromatic N) is 4. The lowest BCUT2D eigenvalue weighted by Crippen LogP contribution is -2.64. The van der Waals surface area contributed by atoms with Crippen molar-refractivity contribution < 1.29 is 72.7 Å².